The quantitative estimate of drug-likeness (QED) is 0.836. The van der Waals surface area contributed by atoms with E-state index in [1.807, 2.05) is 30.3 Å². The van der Waals surface area contributed by atoms with Gasteiger partial charge in [-0.15, -0.1) is 0 Å². The van der Waals surface area contributed by atoms with Crippen LogP contribution in [0.25, 0.3) is 0 Å². The third-order valence-electron chi connectivity index (χ3n) is 3.59. The van der Waals surface area contributed by atoms with Crippen molar-refractivity contribution < 1.29 is 14.0 Å². The van der Waals surface area contributed by atoms with Gasteiger partial charge in [0.25, 0.3) is 0 Å². The Labute approximate surface area is 145 Å². The van der Waals surface area contributed by atoms with Crippen LogP contribution in [0.4, 0.5) is 4.39 Å². The fraction of sp³-hybridized carbons (Fsp3) is 0.222. The first-order valence-electron chi connectivity index (χ1n) is 7.50. The predicted octanol–water partition coefficient (Wildman–Crippen LogP) is 2.93. The molecule has 0 spiro atoms. The van der Waals surface area contributed by atoms with E-state index in [2.05, 4.69) is 0 Å². The number of amides is 2. The molecule has 0 bridgehead atoms. The van der Waals surface area contributed by atoms with Gasteiger partial charge in [-0.25, -0.2) is 4.39 Å². The lowest BCUT2D eigenvalue weighted by Gasteiger charge is -2.23. The number of hydrogen-bond acceptors (Lipinski definition) is 2. The van der Waals surface area contributed by atoms with E-state index in [1.165, 1.54) is 23.1 Å². The third kappa shape index (κ3) is 5.06. The number of hydrogen-bond donors (Lipinski definition) is 1. The van der Waals surface area contributed by atoms with E-state index in [1.54, 1.807) is 0 Å². The molecule has 0 unspecified atom stereocenters. The molecule has 4 nitrogen and oxygen atoms in total. The van der Waals surface area contributed by atoms with Gasteiger partial charge in [0.2, 0.25) is 11.8 Å². The summed E-state index contributed by atoms with van der Waals surface area (Å²) in [6.07, 6.45) is -0.124. The van der Waals surface area contributed by atoms with E-state index in [0.29, 0.717) is 6.54 Å². The first-order chi connectivity index (χ1) is 11.5. The Kier molecular flexibility index (Phi) is 6.32. The monoisotopic (exact) mass is 348 g/mol. The maximum Gasteiger partial charge on any atom is 0.227 e. The van der Waals surface area contributed by atoms with Crippen LogP contribution < -0.4 is 5.73 Å². The lowest BCUT2D eigenvalue weighted by atomic mass is 10.1. The van der Waals surface area contributed by atoms with Crippen molar-refractivity contribution in [3.63, 3.8) is 0 Å². The molecule has 0 saturated carbocycles. The molecule has 2 amide bonds. The van der Waals surface area contributed by atoms with Gasteiger partial charge >= 0.3 is 0 Å². The molecule has 0 fully saturated rings. The summed E-state index contributed by atoms with van der Waals surface area (Å²) < 4.78 is 13.9. The van der Waals surface area contributed by atoms with Gasteiger partial charge in [-0.1, -0.05) is 48.0 Å². The second-order valence-electron chi connectivity index (χ2n) is 5.39. The first kappa shape index (κ1) is 17.9. The standard InChI is InChI=1S/C18H18ClFN2O2/c19-15-7-4-8-16(20)14(15)11-18(24)22(10-9-17(21)23)12-13-5-2-1-3-6-13/h1-8H,9-12H2,(H2,21,23). The molecule has 6 heteroatoms. The lowest BCUT2D eigenvalue weighted by molar-refractivity contribution is -0.131. The second kappa shape index (κ2) is 8.45. The molecule has 2 aromatic carbocycles. The van der Waals surface area contributed by atoms with Crippen LogP contribution in [0.1, 0.15) is 17.5 Å². The van der Waals surface area contributed by atoms with Crippen LogP contribution in [0.2, 0.25) is 5.02 Å². The van der Waals surface area contributed by atoms with E-state index < -0.39 is 11.7 Å². The fourth-order valence-corrected chi connectivity index (χ4v) is 2.53. The summed E-state index contributed by atoms with van der Waals surface area (Å²) in [7, 11) is 0. The van der Waals surface area contributed by atoms with Crippen LogP contribution in [-0.4, -0.2) is 23.3 Å². The minimum absolute atomic E-state index is 0.0452. The number of benzene rings is 2. The molecule has 2 aromatic rings. The molecule has 2 N–H and O–H groups in total. The molecule has 126 valence electrons. The Bertz CT molecular complexity index is 702. The molecule has 0 saturated heterocycles. The van der Waals surface area contributed by atoms with Crippen LogP contribution in [0.5, 0.6) is 0 Å². The van der Waals surface area contributed by atoms with Crippen LogP contribution in [0.15, 0.2) is 48.5 Å². The number of carbonyl (C=O) groups excluding carboxylic acids is 2. The molecule has 0 radical (unpaired) electrons. The van der Waals surface area contributed by atoms with E-state index in [9.17, 15) is 14.0 Å². The van der Waals surface area contributed by atoms with E-state index in [0.717, 1.165) is 5.56 Å². The van der Waals surface area contributed by atoms with Crippen molar-refractivity contribution in [2.24, 2.45) is 5.73 Å². The second-order valence-corrected chi connectivity index (χ2v) is 5.80. The summed E-state index contributed by atoms with van der Waals surface area (Å²) in [5.41, 5.74) is 6.24. The highest BCUT2D eigenvalue weighted by molar-refractivity contribution is 6.31. The molecule has 2 rings (SSSR count). The Morgan fingerprint density at radius 2 is 1.79 bits per heavy atom. The summed E-state index contributed by atoms with van der Waals surface area (Å²) in [5.74, 6) is -1.33. The van der Waals surface area contributed by atoms with Crippen molar-refractivity contribution in [1.82, 2.24) is 4.90 Å². The van der Waals surface area contributed by atoms with Crippen molar-refractivity contribution in [2.75, 3.05) is 6.54 Å². The van der Waals surface area contributed by atoms with Gasteiger partial charge < -0.3 is 10.6 Å². The predicted molar refractivity (Wildman–Crippen MR) is 90.8 cm³/mol. The molecule has 0 aliphatic rings. The number of carbonyl (C=O) groups is 2. The maximum atomic E-state index is 13.9. The maximum absolute atomic E-state index is 13.9. The van der Waals surface area contributed by atoms with E-state index >= 15 is 0 Å². The number of primary amides is 1. The summed E-state index contributed by atoms with van der Waals surface area (Å²) in [4.78, 5) is 25.1. The third-order valence-corrected chi connectivity index (χ3v) is 3.94. The normalized spacial score (nSPS) is 10.4. The highest BCUT2D eigenvalue weighted by Gasteiger charge is 2.18. The zero-order valence-corrected chi connectivity index (χ0v) is 13.8. The van der Waals surface area contributed by atoms with Crippen molar-refractivity contribution in [3.05, 3.63) is 70.5 Å². The molecule has 0 aliphatic carbocycles. The van der Waals surface area contributed by atoms with Crippen molar-refractivity contribution in [3.8, 4) is 0 Å². The molecule has 0 aromatic heterocycles. The highest BCUT2D eigenvalue weighted by atomic mass is 35.5. The number of rotatable bonds is 7. The smallest absolute Gasteiger partial charge is 0.227 e. The van der Waals surface area contributed by atoms with Crippen LogP contribution in [0.3, 0.4) is 0 Å². The minimum Gasteiger partial charge on any atom is -0.370 e. The van der Waals surface area contributed by atoms with Gasteiger partial charge in [-0.05, 0) is 17.7 Å². The number of halogens is 2. The van der Waals surface area contributed by atoms with Gasteiger partial charge in [0, 0.05) is 30.1 Å². The number of nitrogens with zero attached hydrogens (tertiary/aromatic N) is 1. The summed E-state index contributed by atoms with van der Waals surface area (Å²) >= 11 is 5.98. The van der Waals surface area contributed by atoms with E-state index in [-0.39, 0.29) is 35.9 Å². The Morgan fingerprint density at radius 1 is 1.08 bits per heavy atom. The molecule has 0 heterocycles. The van der Waals surface area contributed by atoms with Crippen LogP contribution in [-0.2, 0) is 22.6 Å². The summed E-state index contributed by atoms with van der Waals surface area (Å²) in [6, 6.07) is 13.6. The van der Waals surface area contributed by atoms with E-state index in [4.69, 9.17) is 17.3 Å². The van der Waals surface area contributed by atoms with Gasteiger partial charge in [-0.3, -0.25) is 9.59 Å². The van der Waals surface area contributed by atoms with Crippen molar-refractivity contribution in [2.45, 2.75) is 19.4 Å². The first-order valence-corrected chi connectivity index (χ1v) is 7.88. The molecular formula is C18H18ClFN2O2. The zero-order valence-electron chi connectivity index (χ0n) is 13.0. The Morgan fingerprint density at radius 3 is 2.42 bits per heavy atom. The van der Waals surface area contributed by atoms with Crippen LogP contribution in [0, 0.1) is 5.82 Å². The minimum atomic E-state index is -0.523. The van der Waals surface area contributed by atoms with Gasteiger partial charge in [0.1, 0.15) is 5.82 Å². The SMILES string of the molecule is NC(=O)CCN(Cc1ccccc1)C(=O)Cc1c(F)cccc1Cl. The van der Waals surface area contributed by atoms with Gasteiger partial charge in [0.15, 0.2) is 0 Å². The van der Waals surface area contributed by atoms with Crippen molar-refractivity contribution >= 4 is 23.4 Å². The Hall–Kier alpha value is -2.40. The summed E-state index contributed by atoms with van der Waals surface area (Å²) in [6.45, 7) is 0.494. The van der Waals surface area contributed by atoms with Gasteiger partial charge in [0.05, 0.1) is 6.42 Å². The zero-order chi connectivity index (χ0) is 17.5. The number of nitrogens with two attached hydrogens (primary N) is 1. The molecule has 24 heavy (non-hydrogen) atoms. The molecular weight excluding hydrogens is 331 g/mol. The van der Waals surface area contributed by atoms with Crippen molar-refractivity contribution in [1.29, 1.82) is 0 Å². The molecule has 0 atom stereocenters. The average Bonchev–Trinajstić information content (AvgIpc) is 2.55. The lowest BCUT2D eigenvalue weighted by Crippen LogP contribution is -2.35. The summed E-state index contributed by atoms with van der Waals surface area (Å²) in [5, 5.41) is 0.206. The average molecular weight is 349 g/mol. The van der Waals surface area contributed by atoms with Gasteiger partial charge in [-0.2, -0.15) is 0 Å². The highest BCUT2D eigenvalue weighted by Crippen LogP contribution is 2.20. The fourth-order valence-electron chi connectivity index (χ4n) is 2.31. The molecule has 0 aliphatic heterocycles. The topological polar surface area (TPSA) is 63.4 Å². The Balaban J connectivity index is 2.15. The van der Waals surface area contributed by atoms with Crippen LogP contribution >= 0.6 is 11.6 Å². The largest absolute Gasteiger partial charge is 0.370 e.